The van der Waals surface area contributed by atoms with Crippen LogP contribution in [-0.2, 0) is 19.1 Å². The first kappa shape index (κ1) is 17.5. The monoisotopic (exact) mass is 344 g/mol. The number of amides is 2. The van der Waals surface area contributed by atoms with Crippen molar-refractivity contribution in [2.75, 3.05) is 31.6 Å². The minimum absolute atomic E-state index is 0.0593. The Hall–Kier alpha value is -2.37. The van der Waals surface area contributed by atoms with E-state index >= 15 is 0 Å². The highest BCUT2D eigenvalue weighted by Crippen LogP contribution is 2.36. The van der Waals surface area contributed by atoms with E-state index in [1.54, 1.807) is 23.8 Å². The second kappa shape index (κ2) is 7.25. The lowest BCUT2D eigenvalue weighted by Gasteiger charge is -2.37. The van der Waals surface area contributed by atoms with E-state index in [4.69, 9.17) is 4.74 Å². The maximum atomic E-state index is 13.1. The number of hydrogen-bond donors (Lipinski definition) is 0. The predicted octanol–water partition coefficient (Wildman–Crippen LogP) is 1.94. The Balaban J connectivity index is 1.80. The van der Waals surface area contributed by atoms with Crippen molar-refractivity contribution < 1.29 is 19.1 Å². The van der Waals surface area contributed by atoms with E-state index in [1.165, 1.54) is 0 Å². The van der Waals surface area contributed by atoms with Crippen molar-refractivity contribution in [3.63, 3.8) is 0 Å². The maximum Gasteiger partial charge on any atom is 0.310 e. The summed E-state index contributed by atoms with van der Waals surface area (Å²) in [6, 6.07) is 7.53. The number of esters is 1. The first-order valence-electron chi connectivity index (χ1n) is 8.83. The van der Waals surface area contributed by atoms with Gasteiger partial charge < -0.3 is 14.5 Å². The summed E-state index contributed by atoms with van der Waals surface area (Å²) in [6.07, 6.45) is 1.69. The topological polar surface area (TPSA) is 66.9 Å². The van der Waals surface area contributed by atoms with E-state index in [2.05, 4.69) is 0 Å². The molecule has 134 valence electrons. The molecule has 6 heteroatoms. The number of likely N-dealkylation sites (tertiary alicyclic amines) is 1. The number of anilines is 1. The van der Waals surface area contributed by atoms with Gasteiger partial charge >= 0.3 is 5.97 Å². The standard InChI is InChI=1S/C19H24N2O4/c1-3-25-19(24)13-7-6-10-21(12-13)18(23)15-11-17(22)20(2)16-9-5-4-8-14(15)16/h4-5,8-9,13,15H,3,6-7,10-12H2,1-2H3/t13-,15+/m0/s1. The molecule has 0 radical (unpaired) electrons. The summed E-state index contributed by atoms with van der Waals surface area (Å²) in [5.41, 5.74) is 1.67. The van der Waals surface area contributed by atoms with Crippen molar-refractivity contribution in [1.29, 1.82) is 0 Å². The molecular formula is C19H24N2O4. The van der Waals surface area contributed by atoms with Crippen LogP contribution in [0.1, 0.15) is 37.7 Å². The van der Waals surface area contributed by atoms with Crippen molar-refractivity contribution in [2.24, 2.45) is 5.92 Å². The van der Waals surface area contributed by atoms with Crippen molar-refractivity contribution in [1.82, 2.24) is 4.90 Å². The van der Waals surface area contributed by atoms with Crippen LogP contribution in [0.5, 0.6) is 0 Å². The summed E-state index contributed by atoms with van der Waals surface area (Å²) in [6.45, 7) is 3.13. The van der Waals surface area contributed by atoms with Gasteiger partial charge in [-0.15, -0.1) is 0 Å². The molecule has 6 nitrogen and oxygen atoms in total. The highest BCUT2D eigenvalue weighted by atomic mass is 16.5. The highest BCUT2D eigenvalue weighted by molar-refractivity contribution is 6.02. The summed E-state index contributed by atoms with van der Waals surface area (Å²) in [4.78, 5) is 40.7. The number of nitrogens with zero attached hydrogens (tertiary/aromatic N) is 2. The zero-order valence-electron chi connectivity index (χ0n) is 14.7. The van der Waals surface area contributed by atoms with Crippen molar-refractivity contribution >= 4 is 23.5 Å². The molecule has 0 aromatic heterocycles. The summed E-state index contributed by atoms with van der Waals surface area (Å²) in [5.74, 6) is -1.10. The molecule has 1 fully saturated rings. The molecule has 3 rings (SSSR count). The number of hydrogen-bond acceptors (Lipinski definition) is 4. The van der Waals surface area contributed by atoms with Crippen LogP contribution in [0.2, 0.25) is 0 Å². The van der Waals surface area contributed by atoms with E-state index in [9.17, 15) is 14.4 Å². The molecule has 2 amide bonds. The number of fused-ring (bicyclic) bond motifs is 1. The minimum atomic E-state index is -0.471. The summed E-state index contributed by atoms with van der Waals surface area (Å²) >= 11 is 0. The van der Waals surface area contributed by atoms with E-state index < -0.39 is 5.92 Å². The molecule has 1 aromatic rings. The molecule has 1 aromatic carbocycles. The molecule has 1 saturated heterocycles. The number of piperidine rings is 1. The Morgan fingerprint density at radius 1 is 1.28 bits per heavy atom. The third kappa shape index (κ3) is 3.38. The van der Waals surface area contributed by atoms with Crippen molar-refractivity contribution in [2.45, 2.75) is 32.1 Å². The fraction of sp³-hybridized carbons (Fsp3) is 0.526. The van der Waals surface area contributed by atoms with Crippen LogP contribution in [0.25, 0.3) is 0 Å². The van der Waals surface area contributed by atoms with Gasteiger partial charge in [0.15, 0.2) is 0 Å². The number of rotatable bonds is 3. The summed E-state index contributed by atoms with van der Waals surface area (Å²) in [5, 5.41) is 0. The van der Waals surface area contributed by atoms with Crippen LogP contribution in [0.3, 0.4) is 0 Å². The average Bonchev–Trinajstić information content (AvgIpc) is 2.64. The molecule has 0 saturated carbocycles. The van der Waals surface area contributed by atoms with Gasteiger partial charge in [-0.3, -0.25) is 14.4 Å². The van der Waals surface area contributed by atoms with Gasteiger partial charge in [-0.05, 0) is 31.4 Å². The van der Waals surface area contributed by atoms with Crippen LogP contribution < -0.4 is 4.90 Å². The summed E-state index contributed by atoms with van der Waals surface area (Å²) in [7, 11) is 1.74. The second-order valence-corrected chi connectivity index (χ2v) is 6.64. The van der Waals surface area contributed by atoms with E-state index in [0.29, 0.717) is 19.7 Å². The summed E-state index contributed by atoms with van der Waals surface area (Å²) < 4.78 is 5.10. The van der Waals surface area contributed by atoms with Gasteiger partial charge in [0.2, 0.25) is 11.8 Å². The van der Waals surface area contributed by atoms with Crippen LogP contribution in [-0.4, -0.2) is 49.4 Å². The van der Waals surface area contributed by atoms with Gasteiger partial charge in [0.25, 0.3) is 0 Å². The average molecular weight is 344 g/mol. The molecule has 0 aliphatic carbocycles. The fourth-order valence-corrected chi connectivity index (χ4v) is 3.71. The van der Waals surface area contributed by atoms with Crippen LogP contribution in [0, 0.1) is 5.92 Å². The van der Waals surface area contributed by atoms with Crippen LogP contribution >= 0.6 is 0 Å². The molecule has 0 unspecified atom stereocenters. The molecule has 2 aliphatic rings. The Kier molecular flexibility index (Phi) is 5.06. The molecule has 2 aliphatic heterocycles. The molecule has 0 N–H and O–H groups in total. The number of benzene rings is 1. The molecule has 25 heavy (non-hydrogen) atoms. The Morgan fingerprint density at radius 3 is 2.80 bits per heavy atom. The largest absolute Gasteiger partial charge is 0.466 e. The zero-order chi connectivity index (χ0) is 18.0. The smallest absolute Gasteiger partial charge is 0.310 e. The SMILES string of the molecule is CCOC(=O)[C@H]1CCCN(C(=O)[C@@H]2CC(=O)N(C)c3ccccc32)C1. The van der Waals surface area contributed by atoms with E-state index in [-0.39, 0.29) is 30.1 Å². The normalized spacial score (nSPS) is 23.2. The molecule has 2 heterocycles. The van der Waals surface area contributed by atoms with Gasteiger partial charge in [-0.2, -0.15) is 0 Å². The third-order valence-corrected chi connectivity index (χ3v) is 5.08. The van der Waals surface area contributed by atoms with Gasteiger partial charge in [0.1, 0.15) is 0 Å². The number of carbonyl (C=O) groups excluding carboxylic acids is 3. The Bertz CT molecular complexity index is 688. The molecule has 2 atom stereocenters. The lowest BCUT2D eigenvalue weighted by atomic mass is 9.87. The maximum absolute atomic E-state index is 13.1. The van der Waals surface area contributed by atoms with E-state index in [1.807, 2.05) is 24.3 Å². The van der Waals surface area contributed by atoms with Crippen molar-refractivity contribution in [3.05, 3.63) is 29.8 Å². The van der Waals surface area contributed by atoms with E-state index in [0.717, 1.165) is 24.1 Å². The highest BCUT2D eigenvalue weighted by Gasteiger charge is 2.38. The van der Waals surface area contributed by atoms with Crippen molar-refractivity contribution in [3.8, 4) is 0 Å². The fourth-order valence-electron chi connectivity index (χ4n) is 3.71. The van der Waals surface area contributed by atoms with Gasteiger partial charge in [-0.25, -0.2) is 0 Å². The first-order valence-corrected chi connectivity index (χ1v) is 8.83. The van der Waals surface area contributed by atoms with Gasteiger partial charge in [0, 0.05) is 32.2 Å². The quantitative estimate of drug-likeness (QED) is 0.786. The predicted molar refractivity (Wildman–Crippen MR) is 93.1 cm³/mol. The third-order valence-electron chi connectivity index (χ3n) is 5.08. The van der Waals surface area contributed by atoms with Gasteiger partial charge in [0.05, 0.1) is 18.4 Å². The lowest BCUT2D eigenvalue weighted by Crippen LogP contribution is -2.46. The number of para-hydroxylation sites is 1. The number of carbonyl (C=O) groups is 3. The van der Waals surface area contributed by atoms with Crippen LogP contribution in [0.4, 0.5) is 5.69 Å². The van der Waals surface area contributed by atoms with Crippen LogP contribution in [0.15, 0.2) is 24.3 Å². The first-order chi connectivity index (χ1) is 12.0. The second-order valence-electron chi connectivity index (χ2n) is 6.64. The minimum Gasteiger partial charge on any atom is -0.466 e. The zero-order valence-corrected chi connectivity index (χ0v) is 14.7. The lowest BCUT2D eigenvalue weighted by molar-refractivity contribution is -0.151. The van der Waals surface area contributed by atoms with Gasteiger partial charge in [-0.1, -0.05) is 18.2 Å². The molecule has 0 bridgehead atoms. The Morgan fingerprint density at radius 2 is 2.04 bits per heavy atom. The Labute approximate surface area is 147 Å². The number of ether oxygens (including phenoxy) is 1. The molecule has 0 spiro atoms. The molecular weight excluding hydrogens is 320 g/mol.